The van der Waals surface area contributed by atoms with Crippen LogP contribution in [-0.4, -0.2) is 35.0 Å². The summed E-state index contributed by atoms with van der Waals surface area (Å²) in [6.07, 6.45) is 1.70. The number of methoxy groups -OCH3 is 1. The molecule has 0 heterocycles. The molecule has 0 bridgehead atoms. The molecule has 0 aliphatic rings. The molecule has 90 valence electrons. The van der Waals surface area contributed by atoms with Gasteiger partial charge in [-0.2, -0.15) is 0 Å². The Kier molecular flexibility index (Phi) is 5.83. The first-order valence-electron chi connectivity index (χ1n) is 5.35. The first-order valence-corrected chi connectivity index (χ1v) is 5.35. The number of aliphatic hydroxyl groups is 1. The summed E-state index contributed by atoms with van der Waals surface area (Å²) in [4.78, 5) is 11.1. The molecule has 0 aromatic carbocycles. The predicted octanol–water partition coefficient (Wildman–Crippen LogP) is 1.66. The van der Waals surface area contributed by atoms with Crippen molar-refractivity contribution in [2.45, 2.75) is 51.7 Å². The first kappa shape index (κ1) is 14.4. The summed E-state index contributed by atoms with van der Waals surface area (Å²) >= 11 is 0. The molecule has 2 N–H and O–H groups in total. The van der Waals surface area contributed by atoms with Crippen molar-refractivity contribution < 1.29 is 19.7 Å². The molecule has 0 spiro atoms. The van der Waals surface area contributed by atoms with E-state index in [-0.39, 0.29) is 0 Å². The lowest BCUT2D eigenvalue weighted by Crippen LogP contribution is -2.48. The highest BCUT2D eigenvalue weighted by atomic mass is 16.5. The van der Waals surface area contributed by atoms with Gasteiger partial charge < -0.3 is 14.9 Å². The normalized spacial score (nSPS) is 19.3. The summed E-state index contributed by atoms with van der Waals surface area (Å²) in [5, 5.41) is 19.2. The largest absolute Gasteiger partial charge is 0.481 e. The van der Waals surface area contributed by atoms with Crippen molar-refractivity contribution in [3.8, 4) is 0 Å². The third kappa shape index (κ3) is 3.80. The molecule has 4 heteroatoms. The quantitative estimate of drug-likeness (QED) is 0.682. The van der Waals surface area contributed by atoms with E-state index in [1.54, 1.807) is 6.92 Å². The van der Waals surface area contributed by atoms with Crippen LogP contribution in [0.2, 0.25) is 0 Å². The maximum Gasteiger partial charge on any atom is 0.309 e. The van der Waals surface area contributed by atoms with Crippen LogP contribution >= 0.6 is 0 Å². The third-order valence-corrected chi connectivity index (χ3v) is 3.03. The van der Waals surface area contributed by atoms with Gasteiger partial charge in [0.1, 0.15) is 5.60 Å². The molecule has 3 atom stereocenters. The van der Waals surface area contributed by atoms with Crippen LogP contribution in [0.4, 0.5) is 0 Å². The van der Waals surface area contributed by atoms with Crippen LogP contribution in [0.5, 0.6) is 0 Å². The van der Waals surface area contributed by atoms with Crippen LogP contribution in [0.1, 0.15) is 40.0 Å². The van der Waals surface area contributed by atoms with Gasteiger partial charge in [-0.25, -0.2) is 0 Å². The van der Waals surface area contributed by atoms with Crippen LogP contribution < -0.4 is 0 Å². The molecule has 0 saturated heterocycles. The van der Waals surface area contributed by atoms with Crippen LogP contribution in [0, 0.1) is 5.92 Å². The van der Waals surface area contributed by atoms with E-state index in [1.807, 2.05) is 6.92 Å². The van der Waals surface area contributed by atoms with Crippen molar-refractivity contribution in [2.75, 3.05) is 7.11 Å². The van der Waals surface area contributed by atoms with Crippen molar-refractivity contribution in [3.05, 3.63) is 0 Å². The van der Waals surface area contributed by atoms with Gasteiger partial charge in [-0.05, 0) is 20.3 Å². The monoisotopic (exact) mass is 218 g/mol. The highest BCUT2D eigenvalue weighted by Gasteiger charge is 2.41. The average Bonchev–Trinajstić information content (AvgIpc) is 2.16. The Hall–Kier alpha value is -0.610. The molecule has 0 radical (unpaired) electrons. The van der Waals surface area contributed by atoms with Crippen molar-refractivity contribution in [1.29, 1.82) is 0 Å². The molecule has 0 aromatic heterocycles. The number of carbonyl (C=O) groups is 1. The van der Waals surface area contributed by atoms with Crippen molar-refractivity contribution in [1.82, 2.24) is 0 Å². The number of aliphatic carboxylic acids is 1. The molecule has 4 nitrogen and oxygen atoms in total. The van der Waals surface area contributed by atoms with Gasteiger partial charge in [0.2, 0.25) is 0 Å². The van der Waals surface area contributed by atoms with Gasteiger partial charge >= 0.3 is 5.97 Å². The molecule has 0 rings (SSSR count). The number of carboxylic acids is 1. The number of ether oxygens (including phenoxy) is 1. The summed E-state index contributed by atoms with van der Waals surface area (Å²) in [6, 6.07) is 0. The van der Waals surface area contributed by atoms with E-state index in [2.05, 4.69) is 0 Å². The second kappa shape index (κ2) is 6.08. The highest BCUT2D eigenvalue weighted by molar-refractivity contribution is 5.71. The van der Waals surface area contributed by atoms with Gasteiger partial charge in [-0.3, -0.25) is 4.79 Å². The molecular formula is C11H22O4. The van der Waals surface area contributed by atoms with E-state index in [0.29, 0.717) is 6.42 Å². The Bertz CT molecular complexity index is 201. The van der Waals surface area contributed by atoms with E-state index >= 15 is 0 Å². The minimum atomic E-state index is -1.32. The van der Waals surface area contributed by atoms with Gasteiger partial charge in [-0.1, -0.05) is 19.8 Å². The smallest absolute Gasteiger partial charge is 0.309 e. The standard InChI is InChI=1S/C11H22O4/c1-5-6-7-9(10(12)13)11(3,14)8(2)15-4/h8-9,14H,5-7H2,1-4H3,(H,12,13). The summed E-state index contributed by atoms with van der Waals surface area (Å²) in [5.41, 5.74) is -1.32. The number of rotatable bonds is 7. The Morgan fingerprint density at radius 3 is 2.40 bits per heavy atom. The van der Waals surface area contributed by atoms with Gasteiger partial charge in [0.05, 0.1) is 12.0 Å². The van der Waals surface area contributed by atoms with Gasteiger partial charge in [0.15, 0.2) is 0 Å². The Balaban J connectivity index is 4.65. The second-order valence-electron chi connectivity index (χ2n) is 4.14. The lowest BCUT2D eigenvalue weighted by Gasteiger charge is -2.34. The van der Waals surface area contributed by atoms with E-state index in [1.165, 1.54) is 14.0 Å². The molecule has 15 heavy (non-hydrogen) atoms. The molecular weight excluding hydrogens is 196 g/mol. The van der Waals surface area contributed by atoms with Crippen LogP contribution in [0.3, 0.4) is 0 Å². The lowest BCUT2D eigenvalue weighted by molar-refractivity contribution is -0.163. The zero-order valence-corrected chi connectivity index (χ0v) is 9.99. The van der Waals surface area contributed by atoms with E-state index in [9.17, 15) is 9.90 Å². The summed E-state index contributed by atoms with van der Waals surface area (Å²) in [6.45, 7) is 5.20. The van der Waals surface area contributed by atoms with Gasteiger partial charge in [0.25, 0.3) is 0 Å². The minimum Gasteiger partial charge on any atom is -0.481 e. The number of unbranched alkanes of at least 4 members (excludes halogenated alkanes) is 1. The Morgan fingerprint density at radius 1 is 1.53 bits per heavy atom. The SMILES string of the molecule is CCCCC(C(=O)O)C(C)(O)C(C)OC. The van der Waals surface area contributed by atoms with Gasteiger partial charge in [-0.15, -0.1) is 0 Å². The average molecular weight is 218 g/mol. The zero-order chi connectivity index (χ0) is 12.1. The van der Waals surface area contributed by atoms with E-state index in [4.69, 9.17) is 9.84 Å². The highest BCUT2D eigenvalue weighted by Crippen LogP contribution is 2.27. The molecule has 0 amide bonds. The van der Waals surface area contributed by atoms with E-state index < -0.39 is 23.6 Å². The maximum atomic E-state index is 11.1. The summed E-state index contributed by atoms with van der Waals surface area (Å²) in [5.74, 6) is -1.73. The predicted molar refractivity (Wildman–Crippen MR) is 57.7 cm³/mol. The molecule has 0 saturated carbocycles. The molecule has 3 unspecified atom stereocenters. The lowest BCUT2D eigenvalue weighted by atomic mass is 9.81. The topological polar surface area (TPSA) is 66.8 Å². The molecule has 0 aliphatic heterocycles. The fourth-order valence-electron chi connectivity index (χ4n) is 1.60. The fraction of sp³-hybridized carbons (Fsp3) is 0.909. The summed E-state index contributed by atoms with van der Waals surface area (Å²) in [7, 11) is 1.47. The van der Waals surface area contributed by atoms with Crippen molar-refractivity contribution in [2.24, 2.45) is 5.92 Å². The third-order valence-electron chi connectivity index (χ3n) is 3.03. The zero-order valence-electron chi connectivity index (χ0n) is 9.99. The summed E-state index contributed by atoms with van der Waals surface area (Å²) < 4.78 is 5.01. The van der Waals surface area contributed by atoms with Crippen LogP contribution in [0.15, 0.2) is 0 Å². The minimum absolute atomic E-state index is 0.479. The molecule has 0 fully saturated rings. The molecule has 0 aliphatic carbocycles. The second-order valence-corrected chi connectivity index (χ2v) is 4.14. The van der Waals surface area contributed by atoms with E-state index in [0.717, 1.165) is 12.8 Å². The van der Waals surface area contributed by atoms with Crippen molar-refractivity contribution in [3.63, 3.8) is 0 Å². The van der Waals surface area contributed by atoms with Gasteiger partial charge in [0, 0.05) is 7.11 Å². The fourth-order valence-corrected chi connectivity index (χ4v) is 1.60. The van der Waals surface area contributed by atoms with Crippen LogP contribution in [0.25, 0.3) is 0 Å². The Morgan fingerprint density at radius 2 is 2.07 bits per heavy atom. The number of hydrogen-bond acceptors (Lipinski definition) is 3. The Labute approximate surface area is 91.3 Å². The first-order chi connectivity index (χ1) is 6.87. The number of carboxylic acid groups (broad SMARTS) is 1. The van der Waals surface area contributed by atoms with Crippen molar-refractivity contribution >= 4 is 5.97 Å². The number of hydrogen-bond donors (Lipinski definition) is 2. The molecule has 0 aromatic rings. The maximum absolute atomic E-state index is 11.1. The van der Waals surface area contributed by atoms with Crippen LogP contribution in [-0.2, 0) is 9.53 Å².